The van der Waals surface area contributed by atoms with Gasteiger partial charge in [0, 0.05) is 5.39 Å². The van der Waals surface area contributed by atoms with Crippen LogP contribution in [0.4, 0.5) is 0 Å². The summed E-state index contributed by atoms with van der Waals surface area (Å²) in [5.74, 6) is -0.108. The second-order valence-corrected chi connectivity index (χ2v) is 6.31. The Balaban J connectivity index is 2.23. The quantitative estimate of drug-likeness (QED) is 0.551. The SMILES string of the molecule is COc1ccc(C(=O)O[B]O)c2cc(-c3nc(Cl)ncc3Cl)sc12. The largest absolute Gasteiger partial charge is 0.571 e. The minimum atomic E-state index is -0.693. The van der Waals surface area contributed by atoms with Gasteiger partial charge in [0.15, 0.2) is 0 Å². The Morgan fingerprint density at radius 3 is 2.88 bits per heavy atom. The molecular formula is C14H8BCl2N2O4S. The molecule has 0 unspecified atom stereocenters. The fraction of sp³-hybridized carbons (Fsp3) is 0.0714. The topological polar surface area (TPSA) is 81.5 Å². The molecule has 3 rings (SSSR count). The summed E-state index contributed by atoms with van der Waals surface area (Å²) in [6.45, 7) is 0. The minimum absolute atomic E-state index is 0.0633. The molecule has 0 spiro atoms. The molecule has 121 valence electrons. The van der Waals surface area contributed by atoms with Gasteiger partial charge >= 0.3 is 13.7 Å². The standard InChI is InChI=1S/C14H8BCl2N2O4S/c1-22-9-3-2-6(13(20)23-15-21)7-4-10(24-12(7)9)11-8(16)5-18-14(17)19-11/h2-5,21H,1H3. The Labute approximate surface area is 151 Å². The van der Waals surface area contributed by atoms with Crippen molar-refractivity contribution in [2.45, 2.75) is 0 Å². The molecule has 0 atom stereocenters. The summed E-state index contributed by atoms with van der Waals surface area (Å²) in [4.78, 5) is 20.6. The Morgan fingerprint density at radius 1 is 1.38 bits per heavy atom. The smallest absolute Gasteiger partial charge is 0.507 e. The van der Waals surface area contributed by atoms with Crippen LogP contribution in [-0.2, 0) is 4.65 Å². The van der Waals surface area contributed by atoms with Crippen LogP contribution in [0.3, 0.4) is 0 Å². The van der Waals surface area contributed by atoms with Gasteiger partial charge < -0.3 is 14.4 Å². The Hall–Kier alpha value is -1.87. The highest BCUT2D eigenvalue weighted by molar-refractivity contribution is 7.22. The van der Waals surface area contributed by atoms with E-state index in [9.17, 15) is 4.79 Å². The zero-order chi connectivity index (χ0) is 17.3. The lowest BCUT2D eigenvalue weighted by Gasteiger charge is -2.05. The van der Waals surface area contributed by atoms with E-state index >= 15 is 0 Å². The third-order valence-electron chi connectivity index (χ3n) is 3.20. The molecule has 0 aliphatic heterocycles. The van der Waals surface area contributed by atoms with Crippen LogP contribution in [0.5, 0.6) is 5.75 Å². The van der Waals surface area contributed by atoms with Crippen molar-refractivity contribution >= 4 is 58.3 Å². The third-order valence-corrected chi connectivity index (χ3v) is 4.81. The molecule has 24 heavy (non-hydrogen) atoms. The molecule has 2 heterocycles. The fourth-order valence-electron chi connectivity index (χ4n) is 2.18. The van der Waals surface area contributed by atoms with Crippen LogP contribution in [0.15, 0.2) is 24.4 Å². The van der Waals surface area contributed by atoms with Gasteiger partial charge in [0.1, 0.15) is 11.4 Å². The second-order valence-electron chi connectivity index (χ2n) is 4.52. The predicted octanol–water partition coefficient (Wildman–Crippen LogP) is 3.36. The molecule has 10 heteroatoms. The molecule has 0 aliphatic carbocycles. The first-order valence-electron chi connectivity index (χ1n) is 6.51. The van der Waals surface area contributed by atoms with E-state index in [1.807, 2.05) is 0 Å². The molecule has 0 aliphatic rings. The number of carbonyl (C=O) groups is 1. The van der Waals surface area contributed by atoms with Crippen LogP contribution in [0.25, 0.3) is 20.7 Å². The van der Waals surface area contributed by atoms with E-state index in [0.29, 0.717) is 39.1 Å². The minimum Gasteiger partial charge on any atom is -0.507 e. The van der Waals surface area contributed by atoms with Crippen molar-refractivity contribution in [1.29, 1.82) is 0 Å². The molecule has 2 aromatic heterocycles. The normalized spacial score (nSPS) is 10.7. The van der Waals surface area contributed by atoms with Crippen LogP contribution in [0.1, 0.15) is 10.4 Å². The van der Waals surface area contributed by atoms with E-state index in [2.05, 4.69) is 14.6 Å². The zero-order valence-corrected chi connectivity index (χ0v) is 14.4. The average Bonchev–Trinajstić information content (AvgIpc) is 3.01. The Morgan fingerprint density at radius 2 is 2.17 bits per heavy atom. The summed E-state index contributed by atoms with van der Waals surface area (Å²) in [7, 11) is 1.87. The number of hydrogen-bond acceptors (Lipinski definition) is 7. The number of halogens is 2. The molecule has 0 saturated heterocycles. The van der Waals surface area contributed by atoms with E-state index in [-0.39, 0.29) is 10.8 Å². The molecule has 0 amide bonds. The van der Waals surface area contributed by atoms with E-state index in [4.69, 9.17) is 33.0 Å². The zero-order valence-electron chi connectivity index (χ0n) is 12.1. The van der Waals surface area contributed by atoms with Crippen molar-refractivity contribution in [3.8, 4) is 16.3 Å². The van der Waals surface area contributed by atoms with Crippen molar-refractivity contribution in [2.75, 3.05) is 7.11 Å². The van der Waals surface area contributed by atoms with Crippen molar-refractivity contribution < 1.29 is 19.2 Å². The van der Waals surface area contributed by atoms with E-state index in [1.165, 1.54) is 24.6 Å². The molecule has 1 N–H and O–H groups in total. The van der Waals surface area contributed by atoms with Crippen molar-refractivity contribution in [2.24, 2.45) is 0 Å². The summed E-state index contributed by atoms with van der Waals surface area (Å²) in [6, 6.07) is 4.93. The van der Waals surface area contributed by atoms with Crippen molar-refractivity contribution in [3.63, 3.8) is 0 Å². The third kappa shape index (κ3) is 3.05. The highest BCUT2D eigenvalue weighted by Crippen LogP contribution is 2.41. The summed E-state index contributed by atoms with van der Waals surface area (Å²) < 4.78 is 10.6. The summed E-state index contributed by atoms with van der Waals surface area (Å²) in [5, 5.41) is 9.67. The highest BCUT2D eigenvalue weighted by Gasteiger charge is 2.19. The first kappa shape index (κ1) is 17.0. The van der Waals surface area contributed by atoms with Crippen LogP contribution in [0, 0.1) is 0 Å². The molecule has 0 bridgehead atoms. The number of benzene rings is 1. The number of rotatable bonds is 4. The molecule has 1 radical (unpaired) electrons. The lowest BCUT2D eigenvalue weighted by Crippen LogP contribution is -2.08. The highest BCUT2D eigenvalue weighted by atomic mass is 35.5. The molecule has 3 aromatic rings. The number of hydrogen-bond donors (Lipinski definition) is 1. The van der Waals surface area contributed by atoms with Crippen LogP contribution >= 0.6 is 34.5 Å². The molecule has 6 nitrogen and oxygen atoms in total. The number of fused-ring (bicyclic) bond motifs is 1. The maximum absolute atomic E-state index is 12.0. The van der Waals surface area contributed by atoms with Gasteiger partial charge in [0.05, 0.1) is 33.5 Å². The molecule has 0 saturated carbocycles. The fourth-order valence-corrected chi connectivity index (χ4v) is 3.75. The van der Waals surface area contributed by atoms with Gasteiger partial charge in [-0.2, -0.15) is 0 Å². The predicted molar refractivity (Wildman–Crippen MR) is 92.8 cm³/mol. The van der Waals surface area contributed by atoms with Gasteiger partial charge in [-0.25, -0.2) is 14.8 Å². The van der Waals surface area contributed by atoms with Gasteiger partial charge in [-0.1, -0.05) is 11.6 Å². The summed E-state index contributed by atoms with van der Waals surface area (Å²) >= 11 is 13.3. The van der Waals surface area contributed by atoms with Gasteiger partial charge in [-0.3, -0.25) is 0 Å². The maximum Gasteiger partial charge on any atom is 0.571 e. The van der Waals surface area contributed by atoms with E-state index in [1.54, 1.807) is 18.2 Å². The lowest BCUT2D eigenvalue weighted by molar-refractivity contribution is 0.0721. The lowest BCUT2D eigenvalue weighted by atomic mass is 10.1. The molecule has 0 fully saturated rings. The van der Waals surface area contributed by atoms with Gasteiger partial charge in [0.25, 0.3) is 0 Å². The number of nitrogens with zero attached hydrogens (tertiary/aromatic N) is 2. The van der Waals surface area contributed by atoms with Gasteiger partial charge in [-0.05, 0) is 29.8 Å². The number of thiophene rings is 1. The van der Waals surface area contributed by atoms with Crippen LogP contribution in [0.2, 0.25) is 10.3 Å². The summed E-state index contributed by atoms with van der Waals surface area (Å²) in [5.41, 5.74) is 0.725. The molecule has 1 aromatic carbocycles. The maximum atomic E-state index is 12.0. The first-order chi connectivity index (χ1) is 11.5. The number of carbonyl (C=O) groups excluding carboxylic acids is 1. The van der Waals surface area contributed by atoms with E-state index < -0.39 is 5.97 Å². The first-order valence-corrected chi connectivity index (χ1v) is 8.08. The second kappa shape index (κ2) is 6.94. The summed E-state index contributed by atoms with van der Waals surface area (Å²) in [6.07, 6.45) is 1.41. The average molecular weight is 382 g/mol. The van der Waals surface area contributed by atoms with Gasteiger partial charge in [-0.15, -0.1) is 11.3 Å². The number of ether oxygens (including phenoxy) is 1. The van der Waals surface area contributed by atoms with Gasteiger partial charge in [0.2, 0.25) is 5.28 Å². The van der Waals surface area contributed by atoms with Crippen molar-refractivity contribution in [1.82, 2.24) is 9.97 Å². The van der Waals surface area contributed by atoms with E-state index in [0.717, 1.165) is 0 Å². The number of aromatic nitrogens is 2. The Kier molecular flexibility index (Phi) is 4.91. The van der Waals surface area contributed by atoms with Crippen LogP contribution in [-0.4, -0.2) is 35.8 Å². The Bertz CT molecular complexity index is 935. The van der Waals surface area contributed by atoms with Crippen LogP contribution < -0.4 is 4.74 Å². The molecular weight excluding hydrogens is 374 g/mol. The monoisotopic (exact) mass is 381 g/mol. The number of methoxy groups -OCH3 is 1. The van der Waals surface area contributed by atoms with Crippen molar-refractivity contribution in [3.05, 3.63) is 40.3 Å².